The first-order valence-electron chi connectivity index (χ1n) is 6.12. The average molecular weight is 259 g/mol. The molecule has 2 rings (SSSR count). The number of aromatic amines is 1. The van der Waals surface area contributed by atoms with Gasteiger partial charge in [-0.1, -0.05) is 30.3 Å². The molecule has 1 aromatic heterocycles. The van der Waals surface area contributed by atoms with Gasteiger partial charge in [-0.15, -0.1) is 0 Å². The second-order valence-electron chi connectivity index (χ2n) is 4.45. The fourth-order valence-corrected chi connectivity index (χ4v) is 1.96. The largest absolute Gasteiger partial charge is 0.387 e. The second kappa shape index (κ2) is 5.67. The van der Waals surface area contributed by atoms with Gasteiger partial charge in [-0.3, -0.25) is 9.89 Å². The molecule has 0 saturated heterocycles. The van der Waals surface area contributed by atoms with Crippen molar-refractivity contribution in [2.75, 3.05) is 6.54 Å². The number of hydrogen-bond donors (Lipinski definition) is 3. The number of aliphatic hydroxyl groups excluding tert-OH is 1. The van der Waals surface area contributed by atoms with Crippen LogP contribution < -0.4 is 5.32 Å². The van der Waals surface area contributed by atoms with Crippen LogP contribution in [0.3, 0.4) is 0 Å². The van der Waals surface area contributed by atoms with Crippen LogP contribution in [0.25, 0.3) is 0 Å². The molecule has 1 heterocycles. The predicted octanol–water partition coefficient (Wildman–Crippen LogP) is 1.49. The quantitative estimate of drug-likeness (QED) is 0.778. The number of benzene rings is 1. The van der Waals surface area contributed by atoms with Crippen molar-refractivity contribution in [1.29, 1.82) is 0 Å². The summed E-state index contributed by atoms with van der Waals surface area (Å²) in [4.78, 5) is 12.0. The van der Waals surface area contributed by atoms with Crippen LogP contribution in [-0.2, 0) is 0 Å². The molecule has 0 radical (unpaired) electrons. The number of rotatable bonds is 4. The lowest BCUT2D eigenvalue weighted by Gasteiger charge is -2.12. The molecule has 0 aliphatic heterocycles. The van der Waals surface area contributed by atoms with Crippen LogP contribution in [0.1, 0.15) is 33.4 Å². The van der Waals surface area contributed by atoms with Crippen molar-refractivity contribution in [1.82, 2.24) is 15.5 Å². The molecule has 100 valence electrons. The highest BCUT2D eigenvalue weighted by molar-refractivity contribution is 5.96. The van der Waals surface area contributed by atoms with Crippen molar-refractivity contribution in [3.8, 4) is 0 Å². The Morgan fingerprint density at radius 3 is 2.63 bits per heavy atom. The Bertz CT molecular complexity index is 544. The lowest BCUT2D eigenvalue weighted by molar-refractivity contribution is 0.0915. The van der Waals surface area contributed by atoms with Crippen molar-refractivity contribution >= 4 is 5.91 Å². The Kier molecular flexibility index (Phi) is 3.97. The molecule has 2 aromatic rings. The zero-order chi connectivity index (χ0) is 13.8. The molecule has 0 bridgehead atoms. The standard InChI is InChI=1S/C14H17N3O2/c1-9-13(10(2)17-16-9)14(19)15-8-12(18)11-6-4-3-5-7-11/h3-7,12,18H,8H2,1-2H3,(H,15,19)(H,16,17). The van der Waals surface area contributed by atoms with E-state index >= 15 is 0 Å². The average Bonchev–Trinajstić information content (AvgIpc) is 2.76. The van der Waals surface area contributed by atoms with E-state index in [4.69, 9.17) is 0 Å². The number of aromatic nitrogens is 2. The minimum absolute atomic E-state index is 0.174. The van der Waals surface area contributed by atoms with Gasteiger partial charge >= 0.3 is 0 Å². The summed E-state index contributed by atoms with van der Waals surface area (Å²) in [7, 11) is 0. The van der Waals surface area contributed by atoms with Crippen LogP contribution >= 0.6 is 0 Å². The molecular formula is C14H17N3O2. The van der Waals surface area contributed by atoms with Crippen molar-refractivity contribution in [2.45, 2.75) is 20.0 Å². The van der Waals surface area contributed by atoms with Gasteiger partial charge in [0.15, 0.2) is 0 Å². The number of aryl methyl sites for hydroxylation is 2. The Labute approximate surface area is 111 Å². The second-order valence-corrected chi connectivity index (χ2v) is 4.45. The smallest absolute Gasteiger partial charge is 0.255 e. The number of H-pyrrole nitrogens is 1. The van der Waals surface area contributed by atoms with E-state index in [1.54, 1.807) is 13.8 Å². The van der Waals surface area contributed by atoms with E-state index in [9.17, 15) is 9.90 Å². The third-order valence-corrected chi connectivity index (χ3v) is 3.00. The van der Waals surface area contributed by atoms with Gasteiger partial charge in [0.1, 0.15) is 0 Å². The lowest BCUT2D eigenvalue weighted by atomic mass is 10.1. The topological polar surface area (TPSA) is 78.0 Å². The number of nitrogens with one attached hydrogen (secondary N) is 2. The van der Waals surface area contributed by atoms with Gasteiger partial charge in [-0.05, 0) is 19.4 Å². The molecule has 5 nitrogen and oxygen atoms in total. The Balaban J connectivity index is 1.98. The summed E-state index contributed by atoms with van der Waals surface area (Å²) >= 11 is 0. The monoisotopic (exact) mass is 259 g/mol. The minimum atomic E-state index is -0.710. The van der Waals surface area contributed by atoms with E-state index in [2.05, 4.69) is 15.5 Å². The van der Waals surface area contributed by atoms with E-state index in [0.29, 0.717) is 11.3 Å². The zero-order valence-corrected chi connectivity index (χ0v) is 11.0. The maximum Gasteiger partial charge on any atom is 0.255 e. The predicted molar refractivity (Wildman–Crippen MR) is 71.8 cm³/mol. The molecule has 0 aliphatic carbocycles. The molecule has 19 heavy (non-hydrogen) atoms. The highest BCUT2D eigenvalue weighted by Crippen LogP contribution is 2.12. The highest BCUT2D eigenvalue weighted by Gasteiger charge is 2.16. The first-order valence-corrected chi connectivity index (χ1v) is 6.12. The van der Waals surface area contributed by atoms with Gasteiger partial charge in [0.2, 0.25) is 0 Å². The summed E-state index contributed by atoms with van der Waals surface area (Å²) in [6.45, 7) is 3.74. The number of hydrogen-bond acceptors (Lipinski definition) is 3. The Hall–Kier alpha value is -2.14. The van der Waals surface area contributed by atoms with Crippen molar-refractivity contribution < 1.29 is 9.90 Å². The SMILES string of the molecule is Cc1n[nH]c(C)c1C(=O)NCC(O)c1ccccc1. The first kappa shape index (κ1) is 13.3. The van der Waals surface area contributed by atoms with Crippen LogP contribution in [0.5, 0.6) is 0 Å². The molecular weight excluding hydrogens is 242 g/mol. The van der Waals surface area contributed by atoms with E-state index < -0.39 is 6.10 Å². The van der Waals surface area contributed by atoms with Crippen molar-refractivity contribution in [3.05, 3.63) is 52.8 Å². The number of aliphatic hydroxyl groups is 1. The van der Waals surface area contributed by atoms with E-state index in [-0.39, 0.29) is 12.5 Å². The molecule has 0 saturated carbocycles. The van der Waals surface area contributed by atoms with Gasteiger partial charge in [0, 0.05) is 12.2 Å². The zero-order valence-electron chi connectivity index (χ0n) is 11.0. The van der Waals surface area contributed by atoms with Gasteiger partial charge in [-0.25, -0.2) is 0 Å². The minimum Gasteiger partial charge on any atom is -0.387 e. The van der Waals surface area contributed by atoms with Crippen molar-refractivity contribution in [2.24, 2.45) is 0 Å². The summed E-state index contributed by atoms with van der Waals surface area (Å²) in [6, 6.07) is 9.23. The fraction of sp³-hybridized carbons (Fsp3) is 0.286. The molecule has 5 heteroatoms. The number of carbonyl (C=O) groups is 1. The van der Waals surface area contributed by atoms with Crippen LogP contribution in [-0.4, -0.2) is 27.8 Å². The summed E-state index contributed by atoms with van der Waals surface area (Å²) in [5.74, 6) is -0.223. The molecule has 1 unspecified atom stereocenters. The summed E-state index contributed by atoms with van der Waals surface area (Å²) in [5.41, 5.74) is 2.71. The molecule has 1 amide bonds. The van der Waals surface area contributed by atoms with Crippen LogP contribution in [0.2, 0.25) is 0 Å². The lowest BCUT2D eigenvalue weighted by Crippen LogP contribution is -2.29. The third-order valence-electron chi connectivity index (χ3n) is 3.00. The highest BCUT2D eigenvalue weighted by atomic mass is 16.3. The molecule has 0 fully saturated rings. The fourth-order valence-electron chi connectivity index (χ4n) is 1.96. The van der Waals surface area contributed by atoms with Gasteiger partial charge in [0.25, 0.3) is 5.91 Å². The van der Waals surface area contributed by atoms with Gasteiger partial charge in [0.05, 0.1) is 17.4 Å². The summed E-state index contributed by atoms with van der Waals surface area (Å²) in [6.07, 6.45) is -0.710. The Morgan fingerprint density at radius 1 is 1.37 bits per heavy atom. The molecule has 1 aromatic carbocycles. The number of amides is 1. The summed E-state index contributed by atoms with van der Waals surface area (Å²) < 4.78 is 0. The summed E-state index contributed by atoms with van der Waals surface area (Å²) in [5, 5.41) is 19.4. The number of carbonyl (C=O) groups excluding carboxylic acids is 1. The van der Waals surface area contributed by atoms with E-state index in [0.717, 1.165) is 11.3 Å². The van der Waals surface area contributed by atoms with E-state index in [1.165, 1.54) is 0 Å². The van der Waals surface area contributed by atoms with Gasteiger partial charge in [-0.2, -0.15) is 5.10 Å². The van der Waals surface area contributed by atoms with Crippen LogP contribution in [0, 0.1) is 13.8 Å². The molecule has 0 spiro atoms. The van der Waals surface area contributed by atoms with Crippen LogP contribution in [0.4, 0.5) is 0 Å². The maximum atomic E-state index is 12.0. The molecule has 0 aliphatic rings. The normalized spacial score (nSPS) is 12.2. The third kappa shape index (κ3) is 3.00. The molecule has 3 N–H and O–H groups in total. The first-order chi connectivity index (χ1) is 9.09. The number of nitrogens with zero attached hydrogens (tertiary/aromatic N) is 1. The van der Waals surface area contributed by atoms with Crippen LogP contribution in [0.15, 0.2) is 30.3 Å². The Morgan fingerprint density at radius 2 is 2.05 bits per heavy atom. The van der Waals surface area contributed by atoms with E-state index in [1.807, 2.05) is 30.3 Å². The molecule has 1 atom stereocenters. The maximum absolute atomic E-state index is 12.0. The van der Waals surface area contributed by atoms with Gasteiger partial charge < -0.3 is 10.4 Å². The van der Waals surface area contributed by atoms with Crippen molar-refractivity contribution in [3.63, 3.8) is 0 Å².